The third-order valence-electron chi connectivity index (χ3n) is 4.09. The van der Waals surface area contributed by atoms with E-state index in [4.69, 9.17) is 11.6 Å². The van der Waals surface area contributed by atoms with Crippen molar-refractivity contribution in [2.24, 2.45) is 0 Å². The van der Waals surface area contributed by atoms with E-state index in [-0.39, 0.29) is 18.0 Å². The number of anilines is 2. The molecular formula is C18H19ClN2O. The van der Waals surface area contributed by atoms with E-state index >= 15 is 0 Å². The Labute approximate surface area is 135 Å². The second kappa shape index (κ2) is 6.01. The highest BCUT2D eigenvalue weighted by molar-refractivity contribution is 6.30. The molecule has 22 heavy (non-hydrogen) atoms. The molecular weight excluding hydrogens is 296 g/mol. The van der Waals surface area contributed by atoms with Crippen LogP contribution >= 0.6 is 11.6 Å². The van der Waals surface area contributed by atoms with E-state index in [2.05, 4.69) is 18.3 Å². The topological polar surface area (TPSA) is 32.3 Å². The summed E-state index contributed by atoms with van der Waals surface area (Å²) < 4.78 is 0. The summed E-state index contributed by atoms with van der Waals surface area (Å²) in [6.45, 7) is 3.71. The van der Waals surface area contributed by atoms with Gasteiger partial charge >= 0.3 is 0 Å². The van der Waals surface area contributed by atoms with Gasteiger partial charge in [-0.2, -0.15) is 0 Å². The quantitative estimate of drug-likeness (QED) is 0.876. The number of hydrogen-bond donors (Lipinski definition) is 1. The zero-order valence-electron chi connectivity index (χ0n) is 12.7. The van der Waals surface area contributed by atoms with Gasteiger partial charge in [0.05, 0.1) is 6.04 Å². The fraction of sp³-hybridized carbons (Fsp3) is 0.278. The molecule has 0 saturated carbocycles. The second-order valence-corrected chi connectivity index (χ2v) is 6.18. The molecule has 1 amide bonds. The van der Waals surface area contributed by atoms with Crippen molar-refractivity contribution in [1.82, 2.24) is 0 Å². The van der Waals surface area contributed by atoms with Crippen molar-refractivity contribution in [3.8, 4) is 0 Å². The average Bonchev–Trinajstić information content (AvgIpc) is 2.47. The number of nitrogens with zero attached hydrogens (tertiary/aromatic N) is 1. The first kappa shape index (κ1) is 14.9. The van der Waals surface area contributed by atoms with Gasteiger partial charge in [0, 0.05) is 29.4 Å². The zero-order chi connectivity index (χ0) is 15.7. The molecule has 0 unspecified atom stereocenters. The molecule has 0 bridgehead atoms. The smallest absolute Gasteiger partial charge is 0.224 e. The van der Waals surface area contributed by atoms with Crippen LogP contribution in [0.2, 0.25) is 5.02 Å². The van der Waals surface area contributed by atoms with Crippen molar-refractivity contribution < 1.29 is 4.79 Å². The lowest BCUT2D eigenvalue weighted by atomic mass is 9.91. The highest BCUT2D eigenvalue weighted by Crippen LogP contribution is 2.38. The van der Waals surface area contributed by atoms with E-state index in [1.807, 2.05) is 47.4 Å². The lowest BCUT2D eigenvalue weighted by Crippen LogP contribution is -2.43. The molecule has 3 nitrogen and oxygen atoms in total. The largest absolute Gasteiger partial charge is 0.378 e. The predicted octanol–water partition coefficient (Wildman–Crippen LogP) is 4.64. The van der Waals surface area contributed by atoms with Gasteiger partial charge in [-0.25, -0.2) is 0 Å². The summed E-state index contributed by atoms with van der Waals surface area (Å²) in [6.07, 6.45) is 0.864. The Kier molecular flexibility index (Phi) is 4.08. The van der Waals surface area contributed by atoms with Crippen LogP contribution in [0.5, 0.6) is 0 Å². The Hall–Kier alpha value is -2.00. The standard InChI is InChI=1S/C18H19ClN2O/c1-12-10-17(20-15-7-5-6-14(19)11-15)16-8-3-4-9-18(16)21(12)13(2)22/h3-9,11-12,17,20H,10H2,1-2H3/t12-,17+/m0/s1. The Morgan fingerprint density at radius 2 is 2.00 bits per heavy atom. The number of fused-ring (bicyclic) bond motifs is 1. The first-order chi connectivity index (χ1) is 10.6. The van der Waals surface area contributed by atoms with Crippen molar-refractivity contribution in [2.45, 2.75) is 32.4 Å². The number of benzene rings is 2. The highest BCUT2D eigenvalue weighted by Gasteiger charge is 2.31. The number of amides is 1. The maximum absolute atomic E-state index is 12.0. The molecule has 1 aliphatic heterocycles. The molecule has 2 aromatic carbocycles. The Morgan fingerprint density at radius 1 is 1.23 bits per heavy atom. The van der Waals surface area contributed by atoms with Crippen molar-refractivity contribution >= 4 is 28.9 Å². The molecule has 114 valence electrons. The Bertz CT molecular complexity index is 701. The summed E-state index contributed by atoms with van der Waals surface area (Å²) >= 11 is 6.06. The van der Waals surface area contributed by atoms with Gasteiger partial charge in [-0.05, 0) is 43.2 Å². The van der Waals surface area contributed by atoms with E-state index in [9.17, 15) is 4.79 Å². The fourth-order valence-corrected chi connectivity index (χ4v) is 3.40. The summed E-state index contributed by atoms with van der Waals surface area (Å²) in [5.41, 5.74) is 3.14. The summed E-state index contributed by atoms with van der Waals surface area (Å²) in [7, 11) is 0. The average molecular weight is 315 g/mol. The fourth-order valence-electron chi connectivity index (χ4n) is 3.21. The van der Waals surface area contributed by atoms with Gasteiger partial charge in [0.2, 0.25) is 5.91 Å². The van der Waals surface area contributed by atoms with Gasteiger partial charge in [-0.1, -0.05) is 35.9 Å². The van der Waals surface area contributed by atoms with E-state index < -0.39 is 0 Å². The number of hydrogen-bond acceptors (Lipinski definition) is 2. The number of rotatable bonds is 2. The summed E-state index contributed by atoms with van der Waals surface area (Å²) in [5, 5.41) is 4.26. The van der Waals surface area contributed by atoms with E-state index in [0.717, 1.165) is 23.4 Å². The molecule has 0 fully saturated rings. The SMILES string of the molecule is CC(=O)N1c2ccccc2[C@H](Nc2cccc(Cl)c2)C[C@@H]1C. The predicted molar refractivity (Wildman–Crippen MR) is 91.5 cm³/mol. The van der Waals surface area contributed by atoms with Gasteiger partial charge in [-0.15, -0.1) is 0 Å². The Balaban J connectivity index is 1.96. The molecule has 0 saturated heterocycles. The Morgan fingerprint density at radius 3 is 2.73 bits per heavy atom. The van der Waals surface area contributed by atoms with Crippen LogP contribution in [0.1, 0.15) is 31.9 Å². The molecule has 1 heterocycles. The summed E-state index contributed by atoms with van der Waals surface area (Å²) in [4.78, 5) is 13.9. The maximum Gasteiger partial charge on any atom is 0.224 e. The second-order valence-electron chi connectivity index (χ2n) is 5.74. The van der Waals surface area contributed by atoms with Gasteiger partial charge in [-0.3, -0.25) is 4.79 Å². The van der Waals surface area contributed by atoms with Crippen LogP contribution in [0.4, 0.5) is 11.4 Å². The number of nitrogens with one attached hydrogen (secondary N) is 1. The molecule has 1 N–H and O–H groups in total. The first-order valence-corrected chi connectivity index (χ1v) is 7.85. The maximum atomic E-state index is 12.0. The summed E-state index contributed by atoms with van der Waals surface area (Å²) in [5.74, 6) is 0.0844. The zero-order valence-corrected chi connectivity index (χ0v) is 13.5. The normalized spacial score (nSPS) is 20.4. The van der Waals surface area contributed by atoms with Crippen molar-refractivity contribution in [3.63, 3.8) is 0 Å². The van der Waals surface area contributed by atoms with Crippen LogP contribution in [-0.2, 0) is 4.79 Å². The highest BCUT2D eigenvalue weighted by atomic mass is 35.5. The van der Waals surface area contributed by atoms with E-state index in [1.54, 1.807) is 6.92 Å². The number of halogens is 1. The van der Waals surface area contributed by atoms with Crippen LogP contribution in [0.25, 0.3) is 0 Å². The van der Waals surface area contributed by atoms with Crippen molar-refractivity contribution in [3.05, 3.63) is 59.1 Å². The molecule has 0 radical (unpaired) electrons. The minimum Gasteiger partial charge on any atom is -0.378 e. The molecule has 0 spiro atoms. The minimum atomic E-state index is 0.0844. The van der Waals surface area contributed by atoms with Crippen LogP contribution in [0, 0.1) is 0 Å². The molecule has 2 aromatic rings. The van der Waals surface area contributed by atoms with Crippen molar-refractivity contribution in [1.29, 1.82) is 0 Å². The van der Waals surface area contributed by atoms with Crippen LogP contribution in [0.15, 0.2) is 48.5 Å². The van der Waals surface area contributed by atoms with Gasteiger partial charge in [0.15, 0.2) is 0 Å². The molecule has 0 aliphatic carbocycles. The van der Waals surface area contributed by atoms with Crippen LogP contribution in [-0.4, -0.2) is 11.9 Å². The lowest BCUT2D eigenvalue weighted by Gasteiger charge is -2.39. The van der Waals surface area contributed by atoms with E-state index in [0.29, 0.717) is 5.02 Å². The first-order valence-electron chi connectivity index (χ1n) is 7.47. The molecule has 0 aromatic heterocycles. The molecule has 4 heteroatoms. The minimum absolute atomic E-state index is 0.0844. The monoisotopic (exact) mass is 314 g/mol. The lowest BCUT2D eigenvalue weighted by molar-refractivity contribution is -0.117. The third kappa shape index (κ3) is 2.81. The van der Waals surface area contributed by atoms with Crippen LogP contribution < -0.4 is 10.2 Å². The van der Waals surface area contributed by atoms with Gasteiger partial charge in [0.25, 0.3) is 0 Å². The number of carbonyl (C=O) groups excluding carboxylic acids is 1. The van der Waals surface area contributed by atoms with E-state index in [1.165, 1.54) is 0 Å². The summed E-state index contributed by atoms with van der Waals surface area (Å²) in [6, 6.07) is 16.1. The number of para-hydroxylation sites is 1. The van der Waals surface area contributed by atoms with Gasteiger partial charge in [0.1, 0.15) is 0 Å². The third-order valence-corrected chi connectivity index (χ3v) is 4.33. The molecule has 1 aliphatic rings. The van der Waals surface area contributed by atoms with Crippen LogP contribution in [0.3, 0.4) is 0 Å². The molecule has 3 rings (SSSR count). The molecule has 2 atom stereocenters. The number of carbonyl (C=O) groups is 1. The van der Waals surface area contributed by atoms with Crippen molar-refractivity contribution in [2.75, 3.05) is 10.2 Å². The van der Waals surface area contributed by atoms with Gasteiger partial charge < -0.3 is 10.2 Å².